The van der Waals surface area contributed by atoms with Crippen LogP contribution in [0.2, 0.25) is 0 Å². The molecule has 0 aliphatic heterocycles. The number of carboxylic acids is 1. The largest absolute Gasteiger partial charge is 1.00 e. The van der Waals surface area contributed by atoms with Crippen LogP contribution in [0.3, 0.4) is 0 Å². The van der Waals surface area contributed by atoms with Gasteiger partial charge in [-0.3, -0.25) is 0 Å². The van der Waals surface area contributed by atoms with Crippen molar-refractivity contribution < 1.29 is 44.6 Å². The molecule has 0 saturated carbocycles. The maximum Gasteiger partial charge on any atom is 1.00 e. The van der Waals surface area contributed by atoms with Crippen LogP contribution in [0.4, 0.5) is 0 Å². The summed E-state index contributed by atoms with van der Waals surface area (Å²) in [5.74, 6) is -0.956. The van der Waals surface area contributed by atoms with Gasteiger partial charge in [0.15, 0.2) is 0 Å². The molecule has 4 heteroatoms. The first-order chi connectivity index (χ1) is 10.2. The Morgan fingerprint density at radius 1 is 0.864 bits per heavy atom. The van der Waals surface area contributed by atoms with E-state index >= 15 is 0 Å². The third-order valence-electron chi connectivity index (χ3n) is 3.79. The molecule has 0 atom stereocenters. The van der Waals surface area contributed by atoms with Gasteiger partial charge in [-0.05, 0) is 12.5 Å². The predicted molar refractivity (Wildman–Crippen MR) is 86.0 cm³/mol. The molecule has 0 aliphatic carbocycles. The molecule has 0 rings (SSSR count). The van der Waals surface area contributed by atoms with E-state index < -0.39 is 5.97 Å². The topological polar surface area (TPSA) is 60.4 Å². The van der Waals surface area contributed by atoms with Gasteiger partial charge in [-0.2, -0.15) is 0 Å². The van der Waals surface area contributed by atoms with Crippen molar-refractivity contribution in [1.29, 1.82) is 0 Å². The number of aliphatic carboxylic acids is 1. The summed E-state index contributed by atoms with van der Waals surface area (Å²) in [6, 6.07) is 0. The average Bonchev–Trinajstić information content (AvgIpc) is 2.46. The summed E-state index contributed by atoms with van der Waals surface area (Å²) in [5.41, 5.74) is 0. The minimum Gasteiger partial charge on any atom is -0.550 e. The maximum absolute atomic E-state index is 10.2. The van der Waals surface area contributed by atoms with Gasteiger partial charge < -0.3 is 15.0 Å². The van der Waals surface area contributed by atoms with Crippen molar-refractivity contribution in [3.63, 3.8) is 0 Å². The molecule has 0 amide bonds. The fraction of sp³-hybridized carbons (Fsp3) is 0.833. The number of hydrogen-bond donors (Lipinski definition) is 1. The number of rotatable bonds is 15. The van der Waals surface area contributed by atoms with Crippen LogP contribution in [-0.4, -0.2) is 11.1 Å². The smallest absolute Gasteiger partial charge is 0.550 e. The van der Waals surface area contributed by atoms with E-state index in [-0.39, 0.29) is 41.7 Å². The summed E-state index contributed by atoms with van der Waals surface area (Å²) < 4.78 is 0. The Kier molecular flexibility index (Phi) is 21.0. The average molecular weight is 320 g/mol. The summed E-state index contributed by atoms with van der Waals surface area (Å²) in [6.07, 6.45) is 17.2. The summed E-state index contributed by atoms with van der Waals surface area (Å²) in [6.45, 7) is 2.25. The zero-order valence-electron chi connectivity index (χ0n) is 14.7. The molecular weight excluding hydrogens is 287 g/mol. The summed E-state index contributed by atoms with van der Waals surface area (Å²) in [7, 11) is 0. The Morgan fingerprint density at radius 3 is 1.68 bits per heavy atom. The van der Waals surface area contributed by atoms with Crippen LogP contribution in [0.25, 0.3) is 0 Å². The molecule has 0 unspecified atom stereocenters. The van der Waals surface area contributed by atoms with Gasteiger partial charge in [-0.25, -0.2) is 0 Å². The van der Waals surface area contributed by atoms with E-state index in [0.29, 0.717) is 6.42 Å². The minimum absolute atomic E-state index is 0. The minimum atomic E-state index is -1.14. The van der Waals surface area contributed by atoms with Gasteiger partial charge in [0, 0.05) is 18.8 Å². The first-order valence-corrected chi connectivity index (χ1v) is 8.74. The number of hydrogen-bond acceptors (Lipinski definition) is 3. The Balaban J connectivity index is 0. The molecule has 0 aromatic rings. The van der Waals surface area contributed by atoms with Crippen LogP contribution < -0.4 is 34.7 Å². The number of aliphatic hydroxyl groups excluding tert-OH is 1. The van der Waals surface area contributed by atoms with Crippen LogP contribution in [-0.2, 0) is 4.79 Å². The molecule has 0 spiro atoms. The number of carbonyl (C=O) groups excluding carboxylic acids is 1. The second kappa shape index (κ2) is 19.1. The number of unbranched alkanes of at least 4 members (excludes halogenated alkanes) is 11. The molecule has 0 heterocycles. The molecule has 0 radical (unpaired) electrons. The number of aliphatic hydroxyl groups is 1. The SMILES string of the molecule is CCCCCCCCCCCCCCC(O)=CCC(=O)[O-].[Na+]. The maximum atomic E-state index is 10.2. The van der Waals surface area contributed by atoms with E-state index in [4.69, 9.17) is 0 Å². The molecule has 0 bridgehead atoms. The van der Waals surface area contributed by atoms with Crippen LogP contribution in [0.15, 0.2) is 11.8 Å². The van der Waals surface area contributed by atoms with E-state index in [9.17, 15) is 15.0 Å². The third kappa shape index (κ3) is 20.0. The molecule has 22 heavy (non-hydrogen) atoms. The quantitative estimate of drug-likeness (QED) is 0.284. The zero-order valence-corrected chi connectivity index (χ0v) is 16.7. The summed E-state index contributed by atoms with van der Waals surface area (Å²) in [5, 5.41) is 19.6. The van der Waals surface area contributed by atoms with Crippen LogP contribution >= 0.6 is 0 Å². The predicted octanol–water partition coefficient (Wildman–Crippen LogP) is 1.66. The van der Waals surface area contributed by atoms with Crippen molar-refractivity contribution in [2.24, 2.45) is 0 Å². The fourth-order valence-electron chi connectivity index (χ4n) is 2.45. The van der Waals surface area contributed by atoms with Gasteiger partial charge in [-0.15, -0.1) is 0 Å². The van der Waals surface area contributed by atoms with Gasteiger partial charge in [0.1, 0.15) is 0 Å². The molecule has 124 valence electrons. The standard InChI is InChI=1S/C18H34O3.Na/c1-2-3-4-5-6-7-8-9-10-11-12-13-14-17(19)15-16-18(20)21;/h15,19H,2-14,16H2,1H3,(H,20,21);/q;+1/p-1. The van der Waals surface area contributed by atoms with Crippen LogP contribution in [0.1, 0.15) is 96.8 Å². The van der Waals surface area contributed by atoms with E-state index in [1.54, 1.807) is 0 Å². The Bertz CT molecular complexity index is 278. The molecule has 0 saturated heterocycles. The number of carbonyl (C=O) groups is 1. The van der Waals surface area contributed by atoms with Crippen molar-refractivity contribution >= 4 is 5.97 Å². The monoisotopic (exact) mass is 320 g/mol. The van der Waals surface area contributed by atoms with Crippen molar-refractivity contribution in [3.8, 4) is 0 Å². The number of allylic oxidation sites excluding steroid dienone is 1. The second-order valence-corrected chi connectivity index (χ2v) is 5.91. The van der Waals surface area contributed by atoms with Crippen molar-refractivity contribution in [1.82, 2.24) is 0 Å². The van der Waals surface area contributed by atoms with Gasteiger partial charge in [0.2, 0.25) is 0 Å². The van der Waals surface area contributed by atoms with Gasteiger partial charge in [-0.1, -0.05) is 77.6 Å². The molecular formula is C18H33NaO3. The summed E-state index contributed by atoms with van der Waals surface area (Å²) >= 11 is 0. The first kappa shape index (κ1) is 24.3. The summed E-state index contributed by atoms with van der Waals surface area (Å²) in [4.78, 5) is 10.2. The third-order valence-corrected chi connectivity index (χ3v) is 3.79. The molecule has 3 nitrogen and oxygen atoms in total. The van der Waals surface area contributed by atoms with Crippen molar-refractivity contribution in [2.45, 2.75) is 96.8 Å². The fourth-order valence-corrected chi connectivity index (χ4v) is 2.45. The normalized spacial score (nSPS) is 11.2. The van der Waals surface area contributed by atoms with Crippen molar-refractivity contribution in [3.05, 3.63) is 11.8 Å². The van der Waals surface area contributed by atoms with Gasteiger partial charge >= 0.3 is 29.6 Å². The Labute approximate surface area is 158 Å². The van der Waals surface area contributed by atoms with Gasteiger partial charge in [0.05, 0.1) is 5.76 Å². The second-order valence-electron chi connectivity index (χ2n) is 5.91. The van der Waals surface area contributed by atoms with Crippen LogP contribution in [0.5, 0.6) is 0 Å². The molecule has 0 aromatic heterocycles. The molecule has 0 aromatic carbocycles. The molecule has 0 aliphatic rings. The zero-order chi connectivity index (χ0) is 15.8. The van der Waals surface area contributed by atoms with E-state index in [1.807, 2.05) is 0 Å². The molecule has 1 N–H and O–H groups in total. The van der Waals surface area contributed by atoms with Crippen LogP contribution in [0, 0.1) is 0 Å². The molecule has 0 fully saturated rings. The van der Waals surface area contributed by atoms with E-state index in [2.05, 4.69) is 6.92 Å². The van der Waals surface area contributed by atoms with E-state index in [1.165, 1.54) is 70.3 Å². The first-order valence-electron chi connectivity index (χ1n) is 8.74. The number of carboxylic acid groups (broad SMARTS) is 1. The van der Waals surface area contributed by atoms with Crippen molar-refractivity contribution in [2.75, 3.05) is 0 Å². The Hall–Kier alpha value is 0.0100. The van der Waals surface area contributed by atoms with E-state index in [0.717, 1.165) is 12.8 Å². The van der Waals surface area contributed by atoms with Gasteiger partial charge in [0.25, 0.3) is 0 Å². The Morgan fingerprint density at radius 2 is 1.27 bits per heavy atom.